The summed E-state index contributed by atoms with van der Waals surface area (Å²) < 4.78 is 6.97. The van der Waals surface area contributed by atoms with Crippen molar-refractivity contribution in [3.8, 4) is 0 Å². The van der Waals surface area contributed by atoms with E-state index in [1.807, 2.05) is 24.3 Å². The third-order valence-electron chi connectivity index (χ3n) is 5.04. The topological polar surface area (TPSA) is 109 Å². The van der Waals surface area contributed by atoms with Gasteiger partial charge in [0.1, 0.15) is 22.7 Å². The zero-order chi connectivity index (χ0) is 19.1. The van der Waals surface area contributed by atoms with E-state index in [4.69, 9.17) is 4.42 Å². The van der Waals surface area contributed by atoms with E-state index in [1.165, 1.54) is 6.39 Å². The summed E-state index contributed by atoms with van der Waals surface area (Å²) in [5, 5.41) is 13.7. The van der Waals surface area contributed by atoms with E-state index in [9.17, 15) is 4.79 Å². The van der Waals surface area contributed by atoms with Gasteiger partial charge in [0.15, 0.2) is 17.6 Å². The van der Waals surface area contributed by atoms with Gasteiger partial charge in [-0.05, 0) is 31.4 Å². The minimum atomic E-state index is -0.148. The Morgan fingerprint density at radius 2 is 2.21 bits per heavy atom. The number of carbonyl (C=O) groups excluding carboxylic acids is 1. The van der Waals surface area contributed by atoms with Crippen LogP contribution in [0.3, 0.4) is 0 Å². The number of carbonyl (C=O) groups is 1. The van der Waals surface area contributed by atoms with Crippen molar-refractivity contribution >= 4 is 40.0 Å². The van der Waals surface area contributed by atoms with Gasteiger partial charge in [0.05, 0.1) is 11.9 Å². The van der Waals surface area contributed by atoms with Crippen LogP contribution in [0.4, 0.5) is 17.3 Å². The molecule has 3 aromatic heterocycles. The molecule has 1 amide bonds. The zero-order valence-corrected chi connectivity index (χ0v) is 15.3. The van der Waals surface area contributed by atoms with Crippen LogP contribution in [0.5, 0.6) is 0 Å². The highest BCUT2D eigenvalue weighted by Crippen LogP contribution is 2.27. The van der Waals surface area contributed by atoms with Gasteiger partial charge in [-0.3, -0.25) is 4.79 Å². The molecule has 1 aromatic carbocycles. The molecule has 5 rings (SSSR count). The molecule has 28 heavy (non-hydrogen) atoms. The predicted octanol–water partition coefficient (Wildman–Crippen LogP) is 2.94. The average molecular weight is 377 g/mol. The molecule has 3 N–H and O–H groups in total. The molecule has 0 atom stereocenters. The highest BCUT2D eigenvalue weighted by molar-refractivity contribution is 6.00. The Morgan fingerprint density at radius 1 is 1.32 bits per heavy atom. The van der Waals surface area contributed by atoms with Gasteiger partial charge in [-0.1, -0.05) is 6.07 Å². The van der Waals surface area contributed by atoms with Crippen molar-refractivity contribution in [2.75, 3.05) is 17.7 Å². The highest BCUT2D eigenvalue weighted by Gasteiger charge is 2.23. The molecule has 4 aromatic rings. The lowest BCUT2D eigenvalue weighted by Crippen LogP contribution is -2.39. The first-order valence-electron chi connectivity index (χ1n) is 9.19. The van der Waals surface area contributed by atoms with Crippen molar-refractivity contribution in [2.24, 2.45) is 0 Å². The number of para-hydroxylation sites is 1. The number of fused-ring (bicyclic) bond motifs is 2. The van der Waals surface area contributed by atoms with Crippen LogP contribution in [0.1, 0.15) is 29.6 Å². The van der Waals surface area contributed by atoms with Crippen molar-refractivity contribution in [3.05, 3.63) is 42.4 Å². The quantitative estimate of drug-likeness (QED) is 0.490. The maximum atomic E-state index is 12.7. The Bertz CT molecular complexity index is 1180. The maximum absolute atomic E-state index is 12.7. The van der Waals surface area contributed by atoms with Gasteiger partial charge in [-0.25, -0.2) is 9.97 Å². The molecular weight excluding hydrogens is 358 g/mol. The summed E-state index contributed by atoms with van der Waals surface area (Å²) in [7, 11) is 1.80. The van der Waals surface area contributed by atoms with Crippen LogP contribution in [0.15, 0.2) is 41.3 Å². The summed E-state index contributed by atoms with van der Waals surface area (Å²) in [6.45, 7) is 0. The summed E-state index contributed by atoms with van der Waals surface area (Å²) in [5.74, 6) is 1.14. The molecule has 1 fully saturated rings. The molecule has 1 aliphatic carbocycles. The highest BCUT2D eigenvalue weighted by atomic mass is 16.3. The summed E-state index contributed by atoms with van der Waals surface area (Å²) >= 11 is 0. The maximum Gasteiger partial charge on any atom is 0.256 e. The van der Waals surface area contributed by atoms with Crippen LogP contribution >= 0.6 is 0 Å². The van der Waals surface area contributed by atoms with E-state index >= 15 is 0 Å². The van der Waals surface area contributed by atoms with Crippen molar-refractivity contribution in [2.45, 2.75) is 25.3 Å². The van der Waals surface area contributed by atoms with Crippen LogP contribution in [-0.2, 0) is 0 Å². The lowest BCUT2D eigenvalue weighted by molar-refractivity contribution is 0.0918. The number of amides is 1. The largest absolute Gasteiger partial charge is 0.443 e. The van der Waals surface area contributed by atoms with Gasteiger partial charge >= 0.3 is 0 Å². The van der Waals surface area contributed by atoms with E-state index in [2.05, 4.69) is 31.0 Å². The Balaban J connectivity index is 1.54. The van der Waals surface area contributed by atoms with Crippen molar-refractivity contribution < 1.29 is 9.21 Å². The number of nitrogens with one attached hydrogen (secondary N) is 3. The molecule has 9 nitrogen and oxygen atoms in total. The molecule has 1 saturated carbocycles. The van der Waals surface area contributed by atoms with Gasteiger partial charge in [0, 0.05) is 19.2 Å². The SMILES string of the molecule is CNc1cc(Nc2cccc3ocnc23)nc2c(C(=O)NC3CCC3)cnn12. The minimum Gasteiger partial charge on any atom is -0.443 e. The number of oxazole rings is 1. The Labute approximate surface area is 160 Å². The van der Waals surface area contributed by atoms with Crippen molar-refractivity contribution in [1.82, 2.24) is 24.9 Å². The van der Waals surface area contributed by atoms with Gasteiger partial charge < -0.3 is 20.4 Å². The van der Waals surface area contributed by atoms with Crippen LogP contribution in [-0.4, -0.2) is 38.6 Å². The molecule has 0 bridgehead atoms. The molecule has 0 saturated heterocycles. The molecule has 3 heterocycles. The second-order valence-electron chi connectivity index (χ2n) is 6.80. The number of benzene rings is 1. The molecule has 0 unspecified atom stereocenters. The number of anilines is 3. The second kappa shape index (κ2) is 6.52. The lowest BCUT2D eigenvalue weighted by atomic mass is 9.93. The standard InChI is InChI=1S/C19H19N7O2/c1-20-16-8-15(24-13-6-3-7-14-17(13)21-10-28-14)25-18-12(9-22-26(16)18)19(27)23-11-4-2-5-11/h3,6-11,20H,2,4-5H2,1H3,(H,23,27)(H,24,25). The van der Waals surface area contributed by atoms with Gasteiger partial charge in [0.2, 0.25) is 0 Å². The normalized spacial score (nSPS) is 14.2. The number of rotatable bonds is 5. The first-order valence-corrected chi connectivity index (χ1v) is 9.19. The Morgan fingerprint density at radius 3 is 3.00 bits per heavy atom. The zero-order valence-electron chi connectivity index (χ0n) is 15.3. The monoisotopic (exact) mass is 377 g/mol. The third kappa shape index (κ3) is 2.72. The van der Waals surface area contributed by atoms with Gasteiger partial charge in [-0.15, -0.1) is 0 Å². The number of hydrogen-bond acceptors (Lipinski definition) is 7. The summed E-state index contributed by atoms with van der Waals surface area (Å²) in [5.41, 5.74) is 3.10. The van der Waals surface area contributed by atoms with Crippen LogP contribution in [0, 0.1) is 0 Å². The number of nitrogens with zero attached hydrogens (tertiary/aromatic N) is 4. The first kappa shape index (κ1) is 16.5. The molecule has 0 spiro atoms. The van der Waals surface area contributed by atoms with Crippen LogP contribution in [0.25, 0.3) is 16.7 Å². The predicted molar refractivity (Wildman–Crippen MR) is 105 cm³/mol. The van der Waals surface area contributed by atoms with E-state index in [1.54, 1.807) is 17.8 Å². The fourth-order valence-electron chi connectivity index (χ4n) is 3.31. The molecule has 9 heteroatoms. The van der Waals surface area contributed by atoms with Gasteiger partial charge in [-0.2, -0.15) is 9.61 Å². The Kier molecular flexibility index (Phi) is 3.85. The van der Waals surface area contributed by atoms with Crippen LogP contribution in [0.2, 0.25) is 0 Å². The number of aromatic nitrogens is 4. The minimum absolute atomic E-state index is 0.148. The fourth-order valence-corrected chi connectivity index (χ4v) is 3.31. The summed E-state index contributed by atoms with van der Waals surface area (Å²) in [6, 6.07) is 7.70. The van der Waals surface area contributed by atoms with E-state index < -0.39 is 0 Å². The summed E-state index contributed by atoms with van der Waals surface area (Å²) in [6.07, 6.45) is 6.16. The number of hydrogen-bond donors (Lipinski definition) is 3. The van der Waals surface area contributed by atoms with Crippen LogP contribution < -0.4 is 16.0 Å². The fraction of sp³-hybridized carbons (Fsp3) is 0.263. The van der Waals surface area contributed by atoms with Gasteiger partial charge in [0.25, 0.3) is 5.91 Å². The van der Waals surface area contributed by atoms with E-state index in [0.29, 0.717) is 33.9 Å². The van der Waals surface area contributed by atoms with E-state index in [0.717, 1.165) is 24.9 Å². The van der Waals surface area contributed by atoms with E-state index in [-0.39, 0.29) is 11.9 Å². The molecular formula is C19H19N7O2. The molecule has 0 aliphatic heterocycles. The lowest BCUT2D eigenvalue weighted by Gasteiger charge is -2.26. The average Bonchev–Trinajstić information content (AvgIpc) is 3.31. The van der Waals surface area contributed by atoms with Crippen molar-refractivity contribution in [3.63, 3.8) is 0 Å². The molecule has 1 aliphatic rings. The molecule has 142 valence electrons. The second-order valence-corrected chi connectivity index (χ2v) is 6.80. The smallest absolute Gasteiger partial charge is 0.256 e. The summed E-state index contributed by atoms with van der Waals surface area (Å²) in [4.78, 5) is 21.5. The van der Waals surface area contributed by atoms with Crippen molar-refractivity contribution in [1.29, 1.82) is 0 Å². The molecule has 0 radical (unpaired) electrons. The third-order valence-corrected chi connectivity index (χ3v) is 5.04. The first-order chi connectivity index (χ1) is 13.7. The Hall–Kier alpha value is -3.62.